The van der Waals surface area contributed by atoms with Gasteiger partial charge in [-0.25, -0.2) is 0 Å². The Morgan fingerprint density at radius 3 is 2.47 bits per heavy atom. The van der Waals surface area contributed by atoms with Gasteiger partial charge in [0.05, 0.1) is 7.11 Å². The van der Waals surface area contributed by atoms with E-state index in [1.165, 1.54) is 36.0 Å². The first-order chi connectivity index (χ1) is 9.11. The molecule has 0 spiro atoms. The summed E-state index contributed by atoms with van der Waals surface area (Å²) in [6, 6.07) is 0. The Balaban J connectivity index is 2.49. The van der Waals surface area contributed by atoms with Crippen LogP contribution >= 0.6 is 0 Å². The predicted octanol–water partition coefficient (Wildman–Crippen LogP) is 4.17. The lowest BCUT2D eigenvalue weighted by molar-refractivity contribution is 0.0994. The maximum absolute atomic E-state index is 12.1. The fourth-order valence-corrected chi connectivity index (χ4v) is 3.28. The Morgan fingerprint density at radius 2 is 1.84 bits per heavy atom. The Morgan fingerprint density at radius 1 is 1.11 bits per heavy atom. The Labute approximate surface area is 116 Å². The molecule has 2 heteroatoms. The van der Waals surface area contributed by atoms with E-state index in [9.17, 15) is 4.79 Å². The summed E-state index contributed by atoms with van der Waals surface area (Å²) in [5.41, 5.74) is 5.81. The third kappa shape index (κ3) is 2.41. The molecule has 1 aliphatic rings. The Bertz CT molecular complexity index is 501. The second kappa shape index (κ2) is 5.77. The highest BCUT2D eigenvalue weighted by Crippen LogP contribution is 2.38. The molecule has 0 atom stereocenters. The van der Waals surface area contributed by atoms with Crippen molar-refractivity contribution in [2.45, 2.75) is 59.3 Å². The van der Waals surface area contributed by atoms with Gasteiger partial charge in [0.1, 0.15) is 5.75 Å². The Hall–Kier alpha value is -1.31. The highest BCUT2D eigenvalue weighted by Gasteiger charge is 2.28. The fraction of sp³-hybridized carbons (Fsp3) is 0.588. The van der Waals surface area contributed by atoms with Gasteiger partial charge in [0.2, 0.25) is 0 Å². The van der Waals surface area contributed by atoms with Crippen molar-refractivity contribution in [2.24, 2.45) is 0 Å². The van der Waals surface area contributed by atoms with Crippen LogP contribution in [0.25, 0.3) is 0 Å². The molecule has 2 rings (SSSR count). The van der Waals surface area contributed by atoms with Crippen molar-refractivity contribution in [3.63, 3.8) is 0 Å². The van der Waals surface area contributed by atoms with Gasteiger partial charge in [-0.05, 0) is 55.4 Å². The smallest absolute Gasteiger partial charge is 0.163 e. The van der Waals surface area contributed by atoms with Gasteiger partial charge in [-0.1, -0.05) is 19.8 Å². The van der Waals surface area contributed by atoms with Crippen LogP contribution in [0.3, 0.4) is 0 Å². The zero-order valence-corrected chi connectivity index (χ0v) is 12.6. The predicted molar refractivity (Wildman–Crippen MR) is 78.3 cm³/mol. The fourth-order valence-electron chi connectivity index (χ4n) is 3.28. The highest BCUT2D eigenvalue weighted by atomic mass is 16.5. The number of benzene rings is 1. The molecule has 0 fully saturated rings. The molecule has 104 valence electrons. The zero-order chi connectivity index (χ0) is 14.0. The molecule has 1 aromatic carbocycles. The minimum absolute atomic E-state index is 0.315. The number of unbranched alkanes of at least 4 members (excludes halogenated alkanes) is 2. The minimum atomic E-state index is 0.315. The number of hydrogen-bond donors (Lipinski definition) is 0. The van der Waals surface area contributed by atoms with E-state index in [-0.39, 0.29) is 0 Å². The molecule has 2 nitrogen and oxygen atoms in total. The molecule has 0 saturated carbocycles. The van der Waals surface area contributed by atoms with Gasteiger partial charge < -0.3 is 4.74 Å². The first-order valence-electron chi connectivity index (χ1n) is 7.33. The molecule has 1 aliphatic carbocycles. The van der Waals surface area contributed by atoms with Crippen LogP contribution in [-0.4, -0.2) is 12.9 Å². The molecule has 0 bridgehead atoms. The quantitative estimate of drug-likeness (QED) is 0.743. The number of methoxy groups -OCH3 is 1. The molecule has 0 amide bonds. The standard InChI is InChI=1S/C17H24O2/c1-5-6-7-8-14-11(2)16-13(9-10-15(16)18)12(3)17(14)19-4/h5-10H2,1-4H3. The molecule has 0 aliphatic heterocycles. The molecule has 0 aromatic heterocycles. The van der Waals surface area contributed by atoms with Crippen molar-refractivity contribution in [3.8, 4) is 5.75 Å². The summed E-state index contributed by atoms with van der Waals surface area (Å²) in [7, 11) is 1.74. The second-order valence-electron chi connectivity index (χ2n) is 5.50. The number of ketones is 1. The van der Waals surface area contributed by atoms with Crippen molar-refractivity contribution in [2.75, 3.05) is 7.11 Å². The largest absolute Gasteiger partial charge is 0.496 e. The van der Waals surface area contributed by atoms with Crippen LogP contribution in [0.1, 0.15) is 65.2 Å². The molecule has 0 radical (unpaired) electrons. The third-order valence-electron chi connectivity index (χ3n) is 4.31. The molecular formula is C17H24O2. The van der Waals surface area contributed by atoms with Crippen LogP contribution in [0.2, 0.25) is 0 Å². The van der Waals surface area contributed by atoms with Gasteiger partial charge in [-0.2, -0.15) is 0 Å². The molecule has 0 heterocycles. The average molecular weight is 260 g/mol. The second-order valence-corrected chi connectivity index (χ2v) is 5.50. The minimum Gasteiger partial charge on any atom is -0.496 e. The van der Waals surface area contributed by atoms with E-state index in [1.807, 2.05) is 0 Å². The SMILES string of the molecule is CCCCCc1c(C)c2c(c(C)c1OC)CCC2=O. The number of hydrogen-bond acceptors (Lipinski definition) is 2. The van der Waals surface area contributed by atoms with E-state index in [2.05, 4.69) is 20.8 Å². The molecule has 19 heavy (non-hydrogen) atoms. The van der Waals surface area contributed by atoms with E-state index in [4.69, 9.17) is 4.74 Å². The third-order valence-corrected chi connectivity index (χ3v) is 4.31. The summed E-state index contributed by atoms with van der Waals surface area (Å²) < 4.78 is 5.64. The van der Waals surface area contributed by atoms with Crippen molar-refractivity contribution in [1.29, 1.82) is 0 Å². The van der Waals surface area contributed by atoms with Gasteiger partial charge in [0, 0.05) is 12.0 Å². The van der Waals surface area contributed by atoms with Crippen molar-refractivity contribution < 1.29 is 9.53 Å². The van der Waals surface area contributed by atoms with Crippen molar-refractivity contribution in [1.82, 2.24) is 0 Å². The number of fused-ring (bicyclic) bond motifs is 1. The van der Waals surface area contributed by atoms with Crippen LogP contribution in [0.4, 0.5) is 0 Å². The maximum atomic E-state index is 12.1. The normalized spacial score (nSPS) is 13.8. The lowest BCUT2D eigenvalue weighted by Gasteiger charge is -2.19. The number of Topliss-reactive ketones (excluding diaryl/α,β-unsaturated/α-hetero) is 1. The van der Waals surface area contributed by atoms with Gasteiger partial charge >= 0.3 is 0 Å². The van der Waals surface area contributed by atoms with Gasteiger partial charge in [-0.3, -0.25) is 4.79 Å². The summed E-state index contributed by atoms with van der Waals surface area (Å²) in [5.74, 6) is 1.33. The summed E-state index contributed by atoms with van der Waals surface area (Å²) >= 11 is 0. The van der Waals surface area contributed by atoms with E-state index >= 15 is 0 Å². The van der Waals surface area contributed by atoms with Crippen LogP contribution in [0.5, 0.6) is 5.75 Å². The Kier molecular flexibility index (Phi) is 4.28. The molecule has 0 N–H and O–H groups in total. The van der Waals surface area contributed by atoms with E-state index in [0.717, 1.165) is 29.7 Å². The number of carbonyl (C=O) groups is 1. The van der Waals surface area contributed by atoms with E-state index < -0.39 is 0 Å². The number of ether oxygens (including phenoxy) is 1. The summed E-state index contributed by atoms with van der Waals surface area (Å²) in [6.07, 6.45) is 6.17. The van der Waals surface area contributed by atoms with E-state index in [1.54, 1.807) is 7.11 Å². The molecule has 1 aromatic rings. The lowest BCUT2D eigenvalue weighted by Crippen LogP contribution is -2.06. The van der Waals surface area contributed by atoms with Crippen LogP contribution < -0.4 is 4.74 Å². The van der Waals surface area contributed by atoms with E-state index in [0.29, 0.717) is 12.2 Å². The zero-order valence-electron chi connectivity index (χ0n) is 12.6. The lowest BCUT2D eigenvalue weighted by atomic mass is 9.90. The molecular weight excluding hydrogens is 236 g/mol. The van der Waals surface area contributed by atoms with Crippen LogP contribution in [0.15, 0.2) is 0 Å². The first-order valence-corrected chi connectivity index (χ1v) is 7.33. The summed E-state index contributed by atoms with van der Waals surface area (Å²) in [6.45, 7) is 6.39. The summed E-state index contributed by atoms with van der Waals surface area (Å²) in [5, 5.41) is 0. The van der Waals surface area contributed by atoms with Gasteiger partial charge in [0.15, 0.2) is 5.78 Å². The average Bonchev–Trinajstić information content (AvgIpc) is 2.78. The summed E-state index contributed by atoms with van der Waals surface area (Å²) in [4.78, 5) is 12.1. The number of carbonyl (C=O) groups excluding carboxylic acids is 1. The maximum Gasteiger partial charge on any atom is 0.163 e. The van der Waals surface area contributed by atoms with Crippen molar-refractivity contribution >= 4 is 5.78 Å². The highest BCUT2D eigenvalue weighted by molar-refractivity contribution is 6.02. The van der Waals surface area contributed by atoms with Gasteiger partial charge in [-0.15, -0.1) is 0 Å². The molecule has 0 unspecified atom stereocenters. The van der Waals surface area contributed by atoms with Crippen LogP contribution in [0, 0.1) is 13.8 Å². The van der Waals surface area contributed by atoms with Gasteiger partial charge in [0.25, 0.3) is 0 Å². The topological polar surface area (TPSA) is 26.3 Å². The van der Waals surface area contributed by atoms with Crippen LogP contribution in [-0.2, 0) is 12.8 Å². The molecule has 0 saturated heterocycles. The first kappa shape index (κ1) is 14.1. The monoisotopic (exact) mass is 260 g/mol. The number of rotatable bonds is 5. The van der Waals surface area contributed by atoms with Crippen molar-refractivity contribution in [3.05, 3.63) is 27.8 Å².